The number of esters is 2. The van der Waals surface area contributed by atoms with Gasteiger partial charge in [-0.25, -0.2) is 0 Å². The molecule has 8 nitrogen and oxygen atoms in total. The molecule has 2 aromatic carbocycles. The first-order chi connectivity index (χ1) is 25.3. The van der Waals surface area contributed by atoms with E-state index < -0.39 is 0 Å². The van der Waals surface area contributed by atoms with E-state index in [4.69, 9.17) is 18.9 Å². The Morgan fingerprint density at radius 3 is 1.17 bits per heavy atom. The molecule has 0 aliphatic carbocycles. The molecule has 0 heterocycles. The average Bonchev–Trinajstić information content (AvgIpc) is 3.14. The molecule has 0 saturated carbocycles. The maximum Gasteiger partial charge on any atom is 0.305 e. The summed E-state index contributed by atoms with van der Waals surface area (Å²) in [6.07, 6.45) is 22.9. The van der Waals surface area contributed by atoms with Gasteiger partial charge in [0, 0.05) is 24.7 Å². The van der Waals surface area contributed by atoms with E-state index in [9.17, 15) is 19.8 Å². The van der Waals surface area contributed by atoms with Crippen molar-refractivity contribution < 1.29 is 38.7 Å². The number of phenols is 2. The summed E-state index contributed by atoms with van der Waals surface area (Å²) in [7, 11) is 3.03. The van der Waals surface area contributed by atoms with Gasteiger partial charge in [-0.05, 0) is 61.1 Å². The number of hydrogen-bond donors (Lipinski definition) is 2. The summed E-state index contributed by atoms with van der Waals surface area (Å²) in [5.74, 6) is -0.0196. The van der Waals surface area contributed by atoms with Gasteiger partial charge in [0.2, 0.25) is 0 Å². The molecule has 2 N–H and O–H groups in total. The Hall–Kier alpha value is -3.42. The van der Waals surface area contributed by atoms with Gasteiger partial charge in [0.1, 0.15) is 0 Å². The second-order valence-corrected chi connectivity index (χ2v) is 14.5. The van der Waals surface area contributed by atoms with Crippen LogP contribution in [0.15, 0.2) is 36.4 Å². The second-order valence-electron chi connectivity index (χ2n) is 14.5. The molecule has 294 valence electrons. The van der Waals surface area contributed by atoms with E-state index in [0.29, 0.717) is 37.2 Å². The zero-order valence-corrected chi connectivity index (χ0v) is 32.9. The summed E-state index contributed by atoms with van der Waals surface area (Å²) >= 11 is 0. The molecule has 52 heavy (non-hydrogen) atoms. The van der Waals surface area contributed by atoms with Crippen LogP contribution in [0.5, 0.6) is 23.0 Å². The lowest BCUT2D eigenvalue weighted by Crippen LogP contribution is -2.30. The Labute approximate surface area is 315 Å². The van der Waals surface area contributed by atoms with Crippen LogP contribution in [-0.4, -0.2) is 49.6 Å². The molecular formula is C44H70O8. The first-order valence-electron chi connectivity index (χ1n) is 20.3. The van der Waals surface area contributed by atoms with Crippen LogP contribution in [0.4, 0.5) is 0 Å². The third kappa shape index (κ3) is 19.4. The topological polar surface area (TPSA) is 112 Å². The van der Waals surface area contributed by atoms with Crippen molar-refractivity contribution in [2.45, 2.75) is 155 Å². The van der Waals surface area contributed by atoms with E-state index >= 15 is 0 Å². The predicted molar refractivity (Wildman–Crippen MR) is 209 cm³/mol. The Morgan fingerprint density at radius 1 is 0.519 bits per heavy atom. The fourth-order valence-corrected chi connectivity index (χ4v) is 6.73. The van der Waals surface area contributed by atoms with Crippen molar-refractivity contribution in [3.05, 3.63) is 47.5 Å². The predicted octanol–water partition coefficient (Wildman–Crippen LogP) is 11.1. The van der Waals surface area contributed by atoms with Gasteiger partial charge < -0.3 is 29.2 Å². The number of unbranched alkanes of at least 4 members (excludes halogenated alkanes) is 16. The number of carbonyl (C=O) groups excluding carboxylic acids is 2. The van der Waals surface area contributed by atoms with Crippen molar-refractivity contribution >= 4 is 11.9 Å². The highest BCUT2D eigenvalue weighted by Crippen LogP contribution is 2.32. The standard InChI is InChI=1S/C44H70O8/c1-5-7-9-11-13-15-17-19-21-23-43(47)51-33-37(29-35-25-27-39(45)41(31-35)49-3)38(30-36-26-28-40(46)42(32-36)50-4)34-52-44(48)24-22-20-18-16-14-12-10-8-6-2/h25-28,31-32,37-38,45-46H,5-24,29-30,33-34H2,1-4H3/t37-,38-/m1/s1. The minimum atomic E-state index is -0.219. The lowest BCUT2D eigenvalue weighted by atomic mass is 9.83. The number of ether oxygens (including phenoxy) is 4. The number of carbonyl (C=O) groups is 2. The zero-order chi connectivity index (χ0) is 37.8. The number of aromatic hydroxyl groups is 2. The van der Waals surface area contributed by atoms with E-state index in [1.54, 1.807) is 24.3 Å². The molecule has 0 aromatic heterocycles. The highest BCUT2D eigenvalue weighted by molar-refractivity contribution is 5.69. The second kappa shape index (κ2) is 28.1. The number of phenolic OH excluding ortho intramolecular Hbond substituents is 2. The maximum absolute atomic E-state index is 13.0. The number of hydrogen-bond acceptors (Lipinski definition) is 8. The fraction of sp³-hybridized carbons (Fsp3) is 0.682. The van der Waals surface area contributed by atoms with Crippen molar-refractivity contribution in [3.8, 4) is 23.0 Å². The average molecular weight is 727 g/mol. The van der Waals surface area contributed by atoms with Crippen LogP contribution in [0, 0.1) is 11.8 Å². The van der Waals surface area contributed by atoms with E-state index in [2.05, 4.69) is 13.8 Å². The summed E-state index contributed by atoms with van der Waals surface area (Å²) in [5.41, 5.74) is 1.81. The highest BCUT2D eigenvalue weighted by Gasteiger charge is 2.27. The summed E-state index contributed by atoms with van der Waals surface area (Å²) < 4.78 is 22.6. The minimum Gasteiger partial charge on any atom is -0.504 e. The first kappa shape index (κ1) is 44.7. The first-order valence-corrected chi connectivity index (χ1v) is 20.3. The van der Waals surface area contributed by atoms with Crippen LogP contribution in [0.3, 0.4) is 0 Å². The molecule has 0 aliphatic rings. The Bertz CT molecular complexity index is 1150. The Kier molecular flexibility index (Phi) is 24.2. The van der Waals surface area contributed by atoms with Gasteiger partial charge in [-0.3, -0.25) is 9.59 Å². The van der Waals surface area contributed by atoms with E-state index in [1.165, 1.54) is 91.3 Å². The van der Waals surface area contributed by atoms with Crippen molar-refractivity contribution in [3.63, 3.8) is 0 Å². The molecule has 2 aromatic rings. The molecular weight excluding hydrogens is 656 g/mol. The van der Waals surface area contributed by atoms with Gasteiger partial charge in [0.05, 0.1) is 27.4 Å². The molecule has 0 bridgehead atoms. The van der Waals surface area contributed by atoms with Gasteiger partial charge >= 0.3 is 11.9 Å². The van der Waals surface area contributed by atoms with E-state index in [1.807, 2.05) is 12.1 Å². The van der Waals surface area contributed by atoms with Crippen molar-refractivity contribution in [2.24, 2.45) is 11.8 Å². The summed E-state index contributed by atoms with van der Waals surface area (Å²) in [4.78, 5) is 25.9. The lowest BCUT2D eigenvalue weighted by Gasteiger charge is -2.27. The lowest BCUT2D eigenvalue weighted by molar-refractivity contribution is -0.149. The number of rotatable bonds is 31. The van der Waals surface area contributed by atoms with E-state index in [0.717, 1.165) is 49.7 Å². The van der Waals surface area contributed by atoms with Gasteiger partial charge in [0.25, 0.3) is 0 Å². The third-order valence-electron chi connectivity index (χ3n) is 10.0. The highest BCUT2D eigenvalue weighted by atomic mass is 16.5. The Balaban J connectivity index is 2.09. The molecule has 8 heteroatoms. The van der Waals surface area contributed by atoms with Crippen LogP contribution in [-0.2, 0) is 31.9 Å². The van der Waals surface area contributed by atoms with Crippen molar-refractivity contribution in [1.82, 2.24) is 0 Å². The quantitative estimate of drug-likeness (QED) is 0.0583. The maximum atomic E-state index is 13.0. The van der Waals surface area contributed by atoms with Gasteiger partial charge in [-0.15, -0.1) is 0 Å². The van der Waals surface area contributed by atoms with Gasteiger partial charge in [0.15, 0.2) is 23.0 Å². The normalized spacial score (nSPS) is 12.3. The van der Waals surface area contributed by atoms with Crippen LogP contribution >= 0.6 is 0 Å². The molecule has 0 aliphatic heterocycles. The zero-order valence-electron chi connectivity index (χ0n) is 32.9. The number of benzene rings is 2. The molecule has 0 amide bonds. The van der Waals surface area contributed by atoms with Crippen LogP contribution in [0.1, 0.15) is 153 Å². The smallest absolute Gasteiger partial charge is 0.305 e. The third-order valence-corrected chi connectivity index (χ3v) is 10.0. The SMILES string of the molecule is CCCCCCCCCCCC(=O)OC[C@@H](Cc1ccc(O)c(OC)c1)[C@@H](COC(=O)CCCCCCCCCCC)Cc1ccc(O)c(OC)c1. The monoisotopic (exact) mass is 727 g/mol. The molecule has 0 unspecified atom stereocenters. The van der Waals surface area contributed by atoms with Gasteiger partial charge in [-0.2, -0.15) is 0 Å². The van der Waals surface area contributed by atoms with Crippen LogP contribution in [0.25, 0.3) is 0 Å². The van der Waals surface area contributed by atoms with Crippen LogP contribution in [0.2, 0.25) is 0 Å². The van der Waals surface area contributed by atoms with Crippen LogP contribution < -0.4 is 9.47 Å². The number of methoxy groups -OCH3 is 2. The minimum absolute atomic E-state index is 0.0494. The molecule has 0 fully saturated rings. The molecule has 0 radical (unpaired) electrons. The summed E-state index contributed by atoms with van der Waals surface area (Å²) in [6, 6.07) is 10.5. The Morgan fingerprint density at radius 2 is 0.846 bits per heavy atom. The summed E-state index contributed by atoms with van der Waals surface area (Å²) in [6.45, 7) is 4.78. The molecule has 2 atom stereocenters. The summed E-state index contributed by atoms with van der Waals surface area (Å²) in [5, 5.41) is 20.5. The largest absolute Gasteiger partial charge is 0.504 e. The van der Waals surface area contributed by atoms with Crippen molar-refractivity contribution in [2.75, 3.05) is 27.4 Å². The molecule has 2 rings (SSSR count). The molecule has 0 spiro atoms. The molecule has 0 saturated heterocycles. The fourth-order valence-electron chi connectivity index (χ4n) is 6.73. The van der Waals surface area contributed by atoms with Crippen molar-refractivity contribution in [1.29, 1.82) is 0 Å². The van der Waals surface area contributed by atoms with Gasteiger partial charge in [-0.1, -0.05) is 129 Å². The van der Waals surface area contributed by atoms with E-state index in [-0.39, 0.29) is 48.5 Å².